The van der Waals surface area contributed by atoms with Gasteiger partial charge in [-0.2, -0.15) is 5.10 Å². The summed E-state index contributed by atoms with van der Waals surface area (Å²) in [6, 6.07) is 25.3. The molecule has 3 heterocycles. The van der Waals surface area contributed by atoms with E-state index in [0.29, 0.717) is 27.4 Å². The smallest absolute Gasteiger partial charge is 0.266 e. The number of aromatic nitrogens is 2. The van der Waals surface area contributed by atoms with Crippen LogP contribution in [0.4, 0.5) is 0 Å². The molecule has 1 unspecified atom stereocenters. The fourth-order valence-electron chi connectivity index (χ4n) is 4.71. The van der Waals surface area contributed by atoms with Crippen LogP contribution in [0, 0.1) is 0 Å². The predicted octanol–water partition coefficient (Wildman–Crippen LogP) is 7.15. The van der Waals surface area contributed by atoms with Crippen LogP contribution in [0.3, 0.4) is 0 Å². The molecule has 4 aromatic rings. The van der Waals surface area contributed by atoms with Crippen molar-refractivity contribution in [3.05, 3.63) is 106 Å². The number of carbonyl (C=O) groups is 1. The third-order valence-corrected chi connectivity index (χ3v) is 8.56. The monoisotopic (exact) mass is 587 g/mol. The first-order valence-corrected chi connectivity index (χ1v) is 14.6. The number of halogens is 1. The number of ether oxygens (including phenoxy) is 2. The van der Waals surface area contributed by atoms with Gasteiger partial charge in [-0.05, 0) is 61.4 Å². The highest BCUT2D eigenvalue weighted by Gasteiger charge is 2.35. The maximum atomic E-state index is 13.3. The van der Waals surface area contributed by atoms with Gasteiger partial charge < -0.3 is 9.47 Å². The van der Waals surface area contributed by atoms with Crippen molar-refractivity contribution in [3.63, 3.8) is 0 Å². The molecule has 2 fully saturated rings. The number of benzene rings is 3. The largest absolute Gasteiger partial charge is 0.489 e. The molecule has 40 heavy (non-hydrogen) atoms. The summed E-state index contributed by atoms with van der Waals surface area (Å²) in [4.78, 5) is 15.6. The molecule has 9 heteroatoms. The molecule has 6 rings (SSSR count). The summed E-state index contributed by atoms with van der Waals surface area (Å²) in [5.41, 5.74) is 4.33. The van der Waals surface area contributed by atoms with Gasteiger partial charge in [0.25, 0.3) is 5.91 Å². The van der Waals surface area contributed by atoms with Crippen LogP contribution < -0.4 is 4.74 Å². The van der Waals surface area contributed by atoms with Crippen LogP contribution in [0.25, 0.3) is 23.0 Å². The average Bonchev–Trinajstić information content (AvgIpc) is 3.71. The topological polar surface area (TPSA) is 56.6 Å². The minimum atomic E-state index is -0.0905. The highest BCUT2D eigenvalue weighted by Crippen LogP contribution is 2.36. The minimum absolute atomic E-state index is 0.0388. The van der Waals surface area contributed by atoms with Crippen LogP contribution in [0.1, 0.15) is 24.0 Å². The van der Waals surface area contributed by atoms with E-state index in [1.54, 1.807) is 4.90 Å². The molecule has 1 atom stereocenters. The van der Waals surface area contributed by atoms with Crippen molar-refractivity contribution >= 4 is 51.9 Å². The number of amides is 1. The van der Waals surface area contributed by atoms with Gasteiger partial charge in [0, 0.05) is 34.5 Å². The van der Waals surface area contributed by atoms with Crippen LogP contribution in [0.15, 0.2) is 90.0 Å². The second-order valence-electron chi connectivity index (χ2n) is 9.54. The van der Waals surface area contributed by atoms with Gasteiger partial charge in [-0.1, -0.05) is 72.0 Å². The lowest BCUT2D eigenvalue weighted by Gasteiger charge is -2.18. The van der Waals surface area contributed by atoms with Crippen LogP contribution >= 0.6 is 35.6 Å². The number of carbonyl (C=O) groups excluding carboxylic acids is 1. The number of para-hydroxylation sites is 1. The minimum Gasteiger partial charge on any atom is -0.489 e. The number of nitrogens with zero attached hydrogens (tertiary/aromatic N) is 3. The molecule has 2 aliphatic heterocycles. The van der Waals surface area contributed by atoms with Gasteiger partial charge >= 0.3 is 0 Å². The van der Waals surface area contributed by atoms with E-state index in [1.165, 1.54) is 11.8 Å². The summed E-state index contributed by atoms with van der Waals surface area (Å²) in [6.45, 7) is 1.61. The van der Waals surface area contributed by atoms with Crippen molar-refractivity contribution in [1.29, 1.82) is 0 Å². The van der Waals surface area contributed by atoms with Gasteiger partial charge in [-0.25, -0.2) is 4.68 Å². The van der Waals surface area contributed by atoms with Crippen LogP contribution in [0.5, 0.6) is 5.75 Å². The number of thiocarbonyl (C=S) groups is 1. The second-order valence-corrected chi connectivity index (χ2v) is 11.6. The number of hydrogen-bond acceptors (Lipinski definition) is 6. The number of hydrogen-bond donors (Lipinski definition) is 0. The number of thioether (sulfide) groups is 1. The molecule has 0 spiro atoms. The van der Waals surface area contributed by atoms with E-state index < -0.39 is 0 Å². The average molecular weight is 588 g/mol. The van der Waals surface area contributed by atoms with E-state index in [-0.39, 0.29) is 12.0 Å². The zero-order valence-electron chi connectivity index (χ0n) is 21.5. The first kappa shape index (κ1) is 26.8. The van der Waals surface area contributed by atoms with E-state index in [4.69, 9.17) is 38.4 Å². The van der Waals surface area contributed by atoms with E-state index in [2.05, 4.69) is 0 Å². The number of rotatable bonds is 8. The Morgan fingerprint density at radius 1 is 1.07 bits per heavy atom. The van der Waals surface area contributed by atoms with E-state index >= 15 is 0 Å². The van der Waals surface area contributed by atoms with Gasteiger partial charge in [0.2, 0.25) is 0 Å². The first-order valence-electron chi connectivity index (χ1n) is 13.0. The Labute approximate surface area is 247 Å². The molecule has 3 aromatic carbocycles. The molecule has 0 aliphatic carbocycles. The molecule has 6 nitrogen and oxygen atoms in total. The molecule has 202 valence electrons. The molecule has 0 saturated carbocycles. The van der Waals surface area contributed by atoms with Crippen LogP contribution in [-0.2, 0) is 16.1 Å². The standard InChI is InChI=1S/C31H26ClN3O3S2/c32-27-11-5-4-7-22(27)20-38-25-14-12-21(13-15-25)29-23(18-35(33-29)24-8-2-1-3-9-24)17-28-30(36)34(31(39)40-28)19-26-10-6-16-37-26/h1-5,7-9,11-15,17-18,26H,6,10,16,19-20H2/b28-17-. The van der Waals surface area contributed by atoms with Gasteiger partial charge in [-0.3, -0.25) is 9.69 Å². The third-order valence-electron chi connectivity index (χ3n) is 6.81. The molecule has 2 saturated heterocycles. The third kappa shape index (κ3) is 5.86. The Morgan fingerprint density at radius 2 is 1.85 bits per heavy atom. The maximum absolute atomic E-state index is 13.3. The summed E-state index contributed by atoms with van der Waals surface area (Å²) in [6.07, 6.45) is 5.83. The van der Waals surface area contributed by atoms with E-state index in [0.717, 1.165) is 53.3 Å². The van der Waals surface area contributed by atoms with Gasteiger partial charge in [0.1, 0.15) is 16.7 Å². The predicted molar refractivity (Wildman–Crippen MR) is 164 cm³/mol. The van der Waals surface area contributed by atoms with Gasteiger partial charge in [0.15, 0.2) is 0 Å². The molecule has 0 N–H and O–H groups in total. The summed E-state index contributed by atoms with van der Waals surface area (Å²) in [7, 11) is 0. The lowest BCUT2D eigenvalue weighted by Crippen LogP contribution is -2.35. The lowest BCUT2D eigenvalue weighted by atomic mass is 10.1. The van der Waals surface area contributed by atoms with Crippen molar-refractivity contribution in [2.75, 3.05) is 13.2 Å². The van der Waals surface area contributed by atoms with E-state index in [1.807, 2.05) is 95.8 Å². The maximum Gasteiger partial charge on any atom is 0.266 e. The Morgan fingerprint density at radius 3 is 2.60 bits per heavy atom. The molecule has 0 bridgehead atoms. The molecular weight excluding hydrogens is 562 g/mol. The highest BCUT2D eigenvalue weighted by molar-refractivity contribution is 8.26. The highest BCUT2D eigenvalue weighted by atomic mass is 35.5. The molecule has 1 aromatic heterocycles. The molecule has 1 amide bonds. The van der Waals surface area contributed by atoms with Gasteiger partial charge in [0.05, 0.1) is 28.9 Å². The van der Waals surface area contributed by atoms with Gasteiger partial charge in [-0.15, -0.1) is 0 Å². The van der Waals surface area contributed by atoms with Crippen LogP contribution in [0.2, 0.25) is 5.02 Å². The zero-order valence-corrected chi connectivity index (χ0v) is 23.9. The zero-order chi connectivity index (χ0) is 27.5. The van der Waals surface area contributed by atoms with Crippen molar-refractivity contribution in [1.82, 2.24) is 14.7 Å². The normalized spacial score (nSPS) is 18.2. The first-order chi connectivity index (χ1) is 19.5. The van der Waals surface area contributed by atoms with Crippen molar-refractivity contribution in [3.8, 4) is 22.7 Å². The summed E-state index contributed by atoms with van der Waals surface area (Å²) < 4.78 is 14.1. The molecule has 0 radical (unpaired) electrons. The summed E-state index contributed by atoms with van der Waals surface area (Å²) in [5, 5.41) is 5.58. The fourth-order valence-corrected chi connectivity index (χ4v) is 6.16. The molecular formula is C31H26ClN3O3S2. The Hall–Kier alpha value is -3.43. The summed E-state index contributed by atoms with van der Waals surface area (Å²) in [5.74, 6) is 0.634. The Bertz CT molecular complexity index is 1560. The molecule has 2 aliphatic rings. The summed E-state index contributed by atoms with van der Waals surface area (Å²) >= 11 is 13.2. The quantitative estimate of drug-likeness (QED) is 0.161. The lowest BCUT2D eigenvalue weighted by molar-refractivity contribution is -0.123. The Balaban J connectivity index is 1.28. The second kappa shape index (κ2) is 12.0. The van der Waals surface area contributed by atoms with E-state index in [9.17, 15) is 4.79 Å². The van der Waals surface area contributed by atoms with Crippen molar-refractivity contribution in [2.45, 2.75) is 25.6 Å². The Kier molecular flexibility index (Phi) is 8.02. The SMILES string of the molecule is O=C1/C(=C/c2cn(-c3ccccc3)nc2-c2ccc(OCc3ccccc3Cl)cc2)SC(=S)N1CC1CCCO1. The van der Waals surface area contributed by atoms with Crippen molar-refractivity contribution < 1.29 is 14.3 Å². The fraction of sp³-hybridized carbons (Fsp3) is 0.194. The van der Waals surface area contributed by atoms with Crippen LogP contribution in [-0.4, -0.2) is 44.2 Å². The van der Waals surface area contributed by atoms with Crippen molar-refractivity contribution in [2.24, 2.45) is 0 Å².